The van der Waals surface area contributed by atoms with Gasteiger partial charge in [0.1, 0.15) is 5.58 Å². The molecule has 3 aliphatic rings. The van der Waals surface area contributed by atoms with Crippen molar-refractivity contribution in [1.82, 2.24) is 0 Å². The Morgan fingerprint density at radius 2 is 1.08 bits per heavy atom. The van der Waals surface area contributed by atoms with Gasteiger partial charge in [0.25, 0.3) is 0 Å². The molecule has 2 aliphatic heterocycles. The van der Waals surface area contributed by atoms with Crippen molar-refractivity contribution in [2.45, 2.75) is 84.5 Å². The van der Waals surface area contributed by atoms with Crippen LogP contribution in [0, 0.1) is 6.92 Å². The van der Waals surface area contributed by atoms with Gasteiger partial charge in [0, 0.05) is 39.1 Å². The van der Waals surface area contributed by atoms with E-state index in [0.29, 0.717) is 0 Å². The monoisotopic (exact) mass is 918 g/mol. The molecule has 0 unspecified atom stereocenters. The minimum Gasteiger partial charge on any atom is -0.454 e. The maximum atomic E-state index is 7.27. The Kier molecular flexibility index (Phi) is 9.63. The van der Waals surface area contributed by atoms with Gasteiger partial charge in [-0.1, -0.05) is 188 Å². The summed E-state index contributed by atoms with van der Waals surface area (Å²) in [6.07, 6.45) is 2.31. The second-order valence-corrected chi connectivity index (χ2v) is 22.8. The van der Waals surface area contributed by atoms with E-state index in [4.69, 9.17) is 4.42 Å². The lowest BCUT2D eigenvalue weighted by Gasteiger charge is -2.47. The van der Waals surface area contributed by atoms with Gasteiger partial charge in [0.05, 0.1) is 5.69 Å². The zero-order chi connectivity index (χ0) is 48.6. The average Bonchev–Trinajstić information content (AvgIpc) is 3.77. The molecule has 0 spiro atoms. The lowest BCUT2D eigenvalue weighted by Crippen LogP contribution is -2.61. The Morgan fingerprint density at radius 3 is 1.79 bits per heavy atom. The van der Waals surface area contributed by atoms with Crippen LogP contribution in [-0.4, -0.2) is 6.85 Å². The van der Waals surface area contributed by atoms with Crippen molar-refractivity contribution in [3.8, 4) is 44.5 Å². The van der Waals surface area contributed by atoms with E-state index in [1.165, 1.54) is 95.5 Å². The molecule has 0 fully saturated rings. The number of aryl methyl sites for hydroxylation is 1. The van der Waals surface area contributed by atoms with Gasteiger partial charge in [-0.3, -0.25) is 0 Å². The molecule has 4 heteroatoms. The summed E-state index contributed by atoms with van der Waals surface area (Å²) in [5.74, 6) is 0. The van der Waals surface area contributed by atoms with E-state index in [0.717, 1.165) is 45.4 Å². The molecular weight excluding hydrogens is 860 g/mol. The summed E-state index contributed by atoms with van der Waals surface area (Å²) in [5, 5.41) is 2.24. The quantitative estimate of drug-likeness (QED) is 0.160. The van der Waals surface area contributed by atoms with Crippen LogP contribution < -0.4 is 20.6 Å². The standard InChI is InChI=1S/C67H59BN2O/c1-42-36-55-56(67(7,8)35-34-66(55,5)6)41-59(42)70-58-33-29-47(45-26-30-49(31-27-45)65(2,3)4)38-52(58)53-40-54-51-24-15-16-25-61(51)71-64(54)63-62(53)68(70)57-32-28-48(44-20-13-10-14-21-44)39-60(57)69(63)50-23-17-22-46(37-50)43-18-11-9-12-19-43/h9-33,36-41H,34-35H2,1-8H3. The number of hydrogen-bond donors (Lipinski definition) is 0. The van der Waals surface area contributed by atoms with Crippen molar-refractivity contribution < 1.29 is 4.42 Å². The fourth-order valence-electron chi connectivity index (χ4n) is 12.3. The molecule has 13 rings (SSSR count). The molecule has 0 N–H and O–H groups in total. The van der Waals surface area contributed by atoms with Crippen LogP contribution in [0.1, 0.15) is 83.6 Å². The van der Waals surface area contributed by atoms with E-state index in [1.54, 1.807) is 0 Å². The molecule has 1 aromatic heterocycles. The highest BCUT2D eigenvalue weighted by Crippen LogP contribution is 2.54. The number of rotatable bonds is 5. The summed E-state index contributed by atoms with van der Waals surface area (Å²) in [6.45, 7) is 18.8. The van der Waals surface area contributed by atoms with Crippen LogP contribution in [0.4, 0.5) is 28.4 Å². The smallest absolute Gasteiger partial charge is 0.333 e. The third kappa shape index (κ3) is 6.85. The first kappa shape index (κ1) is 43.5. The van der Waals surface area contributed by atoms with E-state index in [1.807, 2.05) is 0 Å². The Bertz CT molecular complexity index is 3760. The van der Waals surface area contributed by atoms with E-state index >= 15 is 0 Å². The molecule has 0 atom stereocenters. The maximum absolute atomic E-state index is 7.27. The fourth-order valence-corrected chi connectivity index (χ4v) is 12.3. The summed E-state index contributed by atoms with van der Waals surface area (Å²) >= 11 is 0. The summed E-state index contributed by atoms with van der Waals surface area (Å²) in [7, 11) is 0. The summed E-state index contributed by atoms with van der Waals surface area (Å²) in [6, 6.07) is 70.6. The first-order valence-electron chi connectivity index (χ1n) is 25.6. The number of anilines is 5. The van der Waals surface area contributed by atoms with Crippen LogP contribution in [0.2, 0.25) is 0 Å². The number of fused-ring (bicyclic) bond motifs is 9. The zero-order valence-electron chi connectivity index (χ0n) is 42.2. The predicted molar refractivity (Wildman–Crippen MR) is 302 cm³/mol. The molecule has 0 saturated carbocycles. The van der Waals surface area contributed by atoms with Gasteiger partial charge in [-0.15, -0.1) is 0 Å². The first-order chi connectivity index (χ1) is 34.2. The molecule has 0 amide bonds. The van der Waals surface area contributed by atoms with E-state index in [-0.39, 0.29) is 23.1 Å². The minimum absolute atomic E-state index is 0.0220. The molecule has 1 aliphatic carbocycles. The molecule has 10 aromatic rings. The number of hydrogen-bond acceptors (Lipinski definition) is 3. The van der Waals surface area contributed by atoms with Crippen molar-refractivity contribution in [2.75, 3.05) is 9.71 Å². The molecule has 3 nitrogen and oxygen atoms in total. The van der Waals surface area contributed by atoms with Crippen molar-refractivity contribution in [1.29, 1.82) is 0 Å². The van der Waals surface area contributed by atoms with Crippen molar-refractivity contribution >= 4 is 68.1 Å². The van der Waals surface area contributed by atoms with E-state index in [9.17, 15) is 0 Å². The van der Waals surface area contributed by atoms with Gasteiger partial charge >= 0.3 is 6.85 Å². The number of benzene rings is 9. The van der Waals surface area contributed by atoms with Crippen LogP contribution in [0.25, 0.3) is 66.4 Å². The third-order valence-corrected chi connectivity index (χ3v) is 16.4. The zero-order valence-corrected chi connectivity index (χ0v) is 42.2. The Balaban J connectivity index is 1.17. The highest BCUT2D eigenvalue weighted by Gasteiger charge is 2.48. The molecule has 0 saturated heterocycles. The SMILES string of the molecule is Cc1cc2c(cc1N1B3c4ccc(-c5ccccc5)cc4N(c4cccc(-c5ccccc5)c4)c4c3c(cc3c4oc4ccccc43)-c3cc(-c4ccc(C(C)(C)C)cc4)ccc31)C(C)(C)CCC2(C)C. The molecule has 9 aromatic carbocycles. The van der Waals surface area contributed by atoms with Crippen LogP contribution in [0.15, 0.2) is 192 Å². The van der Waals surface area contributed by atoms with Crippen molar-refractivity contribution in [3.05, 3.63) is 210 Å². The number of furan rings is 1. The Labute approximate surface area is 419 Å². The van der Waals surface area contributed by atoms with Gasteiger partial charge in [-0.25, -0.2) is 0 Å². The van der Waals surface area contributed by atoms with Crippen LogP contribution in [0.3, 0.4) is 0 Å². The van der Waals surface area contributed by atoms with Gasteiger partial charge in [0.2, 0.25) is 0 Å². The number of para-hydroxylation sites is 1. The van der Waals surface area contributed by atoms with Crippen molar-refractivity contribution in [2.24, 2.45) is 0 Å². The highest BCUT2D eigenvalue weighted by atomic mass is 16.3. The van der Waals surface area contributed by atoms with Gasteiger partial charge in [-0.05, 0) is 157 Å². The lowest BCUT2D eigenvalue weighted by molar-refractivity contribution is 0.332. The van der Waals surface area contributed by atoms with E-state index < -0.39 is 0 Å². The second-order valence-electron chi connectivity index (χ2n) is 22.8. The van der Waals surface area contributed by atoms with Crippen LogP contribution >= 0.6 is 0 Å². The molecular formula is C67H59BN2O. The molecule has 346 valence electrons. The van der Waals surface area contributed by atoms with Crippen LogP contribution in [0.5, 0.6) is 0 Å². The Hall–Kier alpha value is -7.56. The largest absolute Gasteiger partial charge is 0.454 e. The van der Waals surface area contributed by atoms with Gasteiger partial charge in [0.15, 0.2) is 5.58 Å². The van der Waals surface area contributed by atoms with Gasteiger partial charge in [-0.2, -0.15) is 0 Å². The molecule has 0 radical (unpaired) electrons. The summed E-state index contributed by atoms with van der Waals surface area (Å²) in [4.78, 5) is 5.26. The molecule has 3 heterocycles. The highest BCUT2D eigenvalue weighted by molar-refractivity contribution is 6.94. The topological polar surface area (TPSA) is 19.6 Å². The predicted octanol–water partition coefficient (Wildman–Crippen LogP) is 17.2. The summed E-state index contributed by atoms with van der Waals surface area (Å²) < 4.78 is 7.27. The maximum Gasteiger partial charge on any atom is 0.333 e. The summed E-state index contributed by atoms with van der Waals surface area (Å²) in [5.41, 5.74) is 25.4. The second kappa shape index (κ2) is 15.7. The average molecular weight is 919 g/mol. The third-order valence-electron chi connectivity index (χ3n) is 16.4. The first-order valence-corrected chi connectivity index (χ1v) is 25.6. The van der Waals surface area contributed by atoms with Crippen molar-refractivity contribution in [3.63, 3.8) is 0 Å². The molecule has 0 bridgehead atoms. The minimum atomic E-state index is -0.188. The lowest BCUT2D eigenvalue weighted by atomic mass is 9.43. The van der Waals surface area contributed by atoms with Crippen LogP contribution in [-0.2, 0) is 16.2 Å². The molecule has 71 heavy (non-hydrogen) atoms. The number of nitrogens with zero attached hydrogens (tertiary/aromatic N) is 2. The fraction of sp³-hybridized carbons (Fsp3) is 0.194. The normalized spacial score (nSPS) is 15.4. The Morgan fingerprint density at radius 1 is 0.493 bits per heavy atom. The van der Waals surface area contributed by atoms with E-state index in [2.05, 4.69) is 253 Å². The van der Waals surface area contributed by atoms with Gasteiger partial charge < -0.3 is 14.1 Å².